The van der Waals surface area contributed by atoms with Crippen LogP contribution in [0.1, 0.15) is 53.0 Å². The van der Waals surface area contributed by atoms with Crippen molar-refractivity contribution in [2.45, 2.75) is 45.7 Å². The number of carbonyl (C=O) groups excluding carboxylic acids is 1. The maximum atomic E-state index is 13.0. The minimum atomic E-state index is 0.00187. The summed E-state index contributed by atoms with van der Waals surface area (Å²) in [6.45, 7) is 6.14. The number of aromatic nitrogens is 1. The molecule has 0 spiro atoms. The van der Waals surface area contributed by atoms with Crippen LogP contribution >= 0.6 is 0 Å². The van der Waals surface area contributed by atoms with Gasteiger partial charge in [0.05, 0.1) is 11.7 Å². The largest absolute Gasteiger partial charge is 0.327 e. The molecule has 3 rings (SSSR count). The van der Waals surface area contributed by atoms with Crippen LogP contribution in [0, 0.1) is 13.8 Å². The van der Waals surface area contributed by atoms with E-state index >= 15 is 0 Å². The van der Waals surface area contributed by atoms with Crippen molar-refractivity contribution in [2.24, 2.45) is 0 Å². The van der Waals surface area contributed by atoms with Crippen LogP contribution in [0.2, 0.25) is 0 Å². The molecule has 1 aliphatic rings. The first-order valence-corrected chi connectivity index (χ1v) is 7.88. The van der Waals surface area contributed by atoms with Crippen molar-refractivity contribution in [1.82, 2.24) is 9.88 Å². The number of hydrogen-bond donors (Lipinski definition) is 0. The molecule has 1 atom stereocenters. The number of carbonyl (C=O) groups is 1. The van der Waals surface area contributed by atoms with E-state index in [-0.39, 0.29) is 11.9 Å². The Morgan fingerprint density at radius 3 is 2.41 bits per heavy atom. The number of nitrogens with zero attached hydrogens (tertiary/aromatic N) is 2. The quantitative estimate of drug-likeness (QED) is 0.852. The van der Waals surface area contributed by atoms with Crippen molar-refractivity contribution >= 4 is 5.91 Å². The maximum absolute atomic E-state index is 13.0. The summed E-state index contributed by atoms with van der Waals surface area (Å²) in [5.41, 5.74) is 3.99. The lowest BCUT2D eigenvalue weighted by molar-refractivity contribution is 0.0670. The summed E-state index contributed by atoms with van der Waals surface area (Å²) in [6.07, 6.45) is 3.97. The zero-order chi connectivity index (χ0) is 15.7. The van der Waals surface area contributed by atoms with Gasteiger partial charge in [-0.3, -0.25) is 9.78 Å². The summed E-state index contributed by atoms with van der Waals surface area (Å²) in [5.74, 6) is 0.118. The van der Waals surface area contributed by atoms with Crippen molar-refractivity contribution in [2.75, 3.05) is 0 Å². The Balaban J connectivity index is 1.92. The molecule has 0 aliphatic heterocycles. The fourth-order valence-electron chi connectivity index (χ4n) is 3.02. The van der Waals surface area contributed by atoms with Crippen LogP contribution < -0.4 is 0 Å². The van der Waals surface area contributed by atoms with Gasteiger partial charge in [-0.25, -0.2) is 0 Å². The van der Waals surface area contributed by atoms with Crippen LogP contribution in [0.5, 0.6) is 0 Å². The van der Waals surface area contributed by atoms with Crippen molar-refractivity contribution < 1.29 is 4.79 Å². The first-order chi connectivity index (χ1) is 10.6. The van der Waals surface area contributed by atoms with Crippen LogP contribution in [0.4, 0.5) is 0 Å². The average molecular weight is 294 g/mol. The Bertz CT molecular complexity index is 657. The van der Waals surface area contributed by atoms with Gasteiger partial charge in [-0.2, -0.15) is 0 Å². The lowest BCUT2D eigenvalue weighted by Gasteiger charge is -2.29. The second-order valence-electron chi connectivity index (χ2n) is 6.25. The van der Waals surface area contributed by atoms with Gasteiger partial charge >= 0.3 is 0 Å². The highest BCUT2D eigenvalue weighted by atomic mass is 16.2. The molecule has 1 aromatic heterocycles. The highest BCUT2D eigenvalue weighted by Crippen LogP contribution is 2.35. The highest BCUT2D eigenvalue weighted by Gasteiger charge is 2.37. The molecule has 0 saturated heterocycles. The first kappa shape index (κ1) is 14.8. The number of pyridine rings is 1. The summed E-state index contributed by atoms with van der Waals surface area (Å²) in [5, 5.41) is 0. The number of hydrogen-bond acceptors (Lipinski definition) is 2. The molecule has 0 bridgehead atoms. The van der Waals surface area contributed by atoms with Crippen LogP contribution in [0.25, 0.3) is 0 Å². The van der Waals surface area contributed by atoms with Crippen LogP contribution in [0.15, 0.2) is 42.6 Å². The zero-order valence-electron chi connectivity index (χ0n) is 13.4. The molecule has 2 aromatic rings. The smallest absolute Gasteiger partial charge is 0.254 e. The fourth-order valence-corrected chi connectivity index (χ4v) is 3.02. The molecular weight excluding hydrogens is 272 g/mol. The summed E-state index contributed by atoms with van der Waals surface area (Å²) >= 11 is 0. The van der Waals surface area contributed by atoms with E-state index < -0.39 is 0 Å². The van der Waals surface area contributed by atoms with E-state index in [1.54, 1.807) is 6.20 Å². The second-order valence-corrected chi connectivity index (χ2v) is 6.25. The Labute approximate surface area is 132 Å². The van der Waals surface area contributed by atoms with Crippen LogP contribution in [-0.4, -0.2) is 21.8 Å². The van der Waals surface area contributed by atoms with E-state index in [1.807, 2.05) is 49.1 Å². The Morgan fingerprint density at radius 1 is 1.18 bits per heavy atom. The molecule has 1 aliphatic carbocycles. The normalized spacial score (nSPS) is 15.4. The number of amides is 1. The summed E-state index contributed by atoms with van der Waals surface area (Å²) in [7, 11) is 0. The lowest BCUT2D eigenvalue weighted by atomic mass is 10.0. The maximum Gasteiger partial charge on any atom is 0.254 e. The zero-order valence-corrected chi connectivity index (χ0v) is 13.4. The summed E-state index contributed by atoms with van der Waals surface area (Å²) < 4.78 is 0. The van der Waals surface area contributed by atoms with Crippen LogP contribution in [0.3, 0.4) is 0 Å². The average Bonchev–Trinajstić information content (AvgIpc) is 3.32. The van der Waals surface area contributed by atoms with E-state index in [4.69, 9.17) is 0 Å². The topological polar surface area (TPSA) is 33.2 Å². The second kappa shape index (κ2) is 5.91. The Morgan fingerprint density at radius 2 is 1.86 bits per heavy atom. The van der Waals surface area contributed by atoms with Crippen molar-refractivity contribution in [1.29, 1.82) is 0 Å². The standard InChI is InChI=1S/C19H22N2O/c1-13-10-14(2)12-16(11-13)19(22)21(17-7-8-17)15(3)18-6-4-5-9-20-18/h4-6,9-12,15,17H,7-8H2,1-3H3. The van der Waals surface area contributed by atoms with Crippen molar-refractivity contribution in [3.8, 4) is 0 Å². The molecule has 1 saturated carbocycles. The molecule has 1 fully saturated rings. The molecule has 0 N–H and O–H groups in total. The van der Waals surface area contributed by atoms with Gasteiger partial charge in [0.25, 0.3) is 5.91 Å². The van der Waals surface area contributed by atoms with Crippen molar-refractivity contribution in [3.05, 3.63) is 65.0 Å². The molecule has 1 amide bonds. The monoisotopic (exact) mass is 294 g/mol. The number of benzene rings is 1. The van der Waals surface area contributed by atoms with Gasteiger partial charge in [0, 0.05) is 17.8 Å². The van der Waals surface area contributed by atoms with Gasteiger partial charge < -0.3 is 4.90 Å². The van der Waals surface area contributed by atoms with Crippen molar-refractivity contribution in [3.63, 3.8) is 0 Å². The molecular formula is C19H22N2O. The first-order valence-electron chi connectivity index (χ1n) is 7.88. The third kappa shape index (κ3) is 3.03. The molecule has 0 radical (unpaired) electrons. The molecule has 3 nitrogen and oxygen atoms in total. The van der Waals surface area contributed by atoms with Gasteiger partial charge in [-0.1, -0.05) is 23.3 Å². The van der Waals surface area contributed by atoms with E-state index in [0.717, 1.165) is 35.2 Å². The number of rotatable bonds is 4. The van der Waals surface area contributed by atoms with Gasteiger partial charge in [0.1, 0.15) is 0 Å². The molecule has 1 aromatic carbocycles. The molecule has 1 unspecified atom stereocenters. The summed E-state index contributed by atoms with van der Waals surface area (Å²) in [6, 6.07) is 12.3. The molecule has 22 heavy (non-hydrogen) atoms. The third-order valence-corrected chi connectivity index (χ3v) is 4.18. The fraction of sp³-hybridized carbons (Fsp3) is 0.368. The molecule has 1 heterocycles. The van der Waals surface area contributed by atoms with Crippen LogP contribution in [-0.2, 0) is 0 Å². The number of aryl methyl sites for hydroxylation is 2. The summed E-state index contributed by atoms with van der Waals surface area (Å²) in [4.78, 5) is 19.5. The van der Waals surface area contributed by atoms with Gasteiger partial charge in [0.2, 0.25) is 0 Å². The van der Waals surface area contributed by atoms with E-state index in [1.165, 1.54) is 0 Å². The lowest BCUT2D eigenvalue weighted by Crippen LogP contribution is -2.36. The molecule has 3 heteroatoms. The minimum Gasteiger partial charge on any atom is -0.327 e. The third-order valence-electron chi connectivity index (χ3n) is 4.18. The van der Waals surface area contributed by atoms with E-state index in [0.29, 0.717) is 6.04 Å². The van der Waals surface area contributed by atoms with E-state index in [2.05, 4.69) is 18.0 Å². The van der Waals surface area contributed by atoms with E-state index in [9.17, 15) is 4.79 Å². The minimum absolute atomic E-state index is 0.00187. The van der Waals surface area contributed by atoms with Gasteiger partial charge in [-0.15, -0.1) is 0 Å². The van der Waals surface area contributed by atoms with Gasteiger partial charge in [0.15, 0.2) is 0 Å². The Hall–Kier alpha value is -2.16. The predicted octanol–water partition coefficient (Wildman–Crippen LogP) is 4.06. The Kier molecular flexibility index (Phi) is 3.97. The van der Waals surface area contributed by atoms with Gasteiger partial charge in [-0.05, 0) is 57.9 Å². The highest BCUT2D eigenvalue weighted by molar-refractivity contribution is 5.95. The SMILES string of the molecule is Cc1cc(C)cc(C(=O)N(C2CC2)C(C)c2ccccn2)c1. The molecule has 114 valence electrons. The predicted molar refractivity (Wildman–Crippen MR) is 87.8 cm³/mol.